The number of carbonyl (C=O) groups excluding carboxylic acids is 1. The standard InChI is InChI=1S/C37H36F2N6O6S/c1-52(49,50)51-17-3-4-23-7-9-24(10-8-23)25-5-2-6-30(18-25)44-34-31(19-27(39)20-40-34)36(47)45(37(44)48)29-14-12-28(13-15-29)41-35(46)32-22-43-21-26(38)11-16-33(43)42-32/h2,5-11,16,18-22,28-29,33,42H,3-4,12-15,17H2,1H3,(H,41,46)/t28-,29+,33?. The molecule has 4 heterocycles. The summed E-state index contributed by atoms with van der Waals surface area (Å²) >= 11 is 0. The molecule has 0 bridgehead atoms. The molecule has 270 valence electrons. The molecule has 0 spiro atoms. The largest absolute Gasteiger partial charge is 0.356 e. The molecule has 2 aromatic carbocycles. The van der Waals surface area contributed by atoms with E-state index in [1.54, 1.807) is 35.4 Å². The Hall–Kier alpha value is -5.41. The second kappa shape index (κ2) is 14.3. The second-order valence-corrected chi connectivity index (χ2v) is 14.8. The number of halogens is 2. The fourth-order valence-corrected chi connectivity index (χ4v) is 7.33. The zero-order valence-electron chi connectivity index (χ0n) is 28.2. The predicted molar refractivity (Wildman–Crippen MR) is 191 cm³/mol. The van der Waals surface area contributed by atoms with Crippen LogP contribution in [0, 0.1) is 5.82 Å². The third kappa shape index (κ3) is 7.46. The average Bonchev–Trinajstić information content (AvgIpc) is 3.55. The fourth-order valence-electron chi connectivity index (χ4n) is 6.91. The van der Waals surface area contributed by atoms with E-state index >= 15 is 0 Å². The van der Waals surface area contributed by atoms with Crippen molar-refractivity contribution in [3.63, 3.8) is 0 Å². The van der Waals surface area contributed by atoms with Gasteiger partial charge in [-0.05, 0) is 85.6 Å². The minimum atomic E-state index is -3.49. The first kappa shape index (κ1) is 35.0. The van der Waals surface area contributed by atoms with E-state index in [0.29, 0.717) is 49.9 Å². The lowest BCUT2D eigenvalue weighted by molar-refractivity contribution is -0.118. The lowest BCUT2D eigenvalue weighted by atomic mass is 9.90. The number of rotatable bonds is 10. The second-order valence-electron chi connectivity index (χ2n) is 13.1. The van der Waals surface area contributed by atoms with Gasteiger partial charge in [-0.15, -0.1) is 0 Å². The van der Waals surface area contributed by atoms with E-state index in [0.717, 1.165) is 35.2 Å². The molecule has 7 rings (SSSR count). The number of aryl methyl sites for hydroxylation is 1. The quantitative estimate of drug-likeness (QED) is 0.180. The van der Waals surface area contributed by atoms with Crippen LogP contribution in [0.2, 0.25) is 0 Å². The Labute approximate surface area is 297 Å². The molecule has 2 N–H and O–H groups in total. The molecule has 15 heteroatoms. The van der Waals surface area contributed by atoms with E-state index in [-0.39, 0.29) is 35.8 Å². The zero-order chi connectivity index (χ0) is 36.6. The lowest BCUT2D eigenvalue weighted by Gasteiger charge is -2.30. The molecule has 1 fully saturated rings. The predicted octanol–water partition coefficient (Wildman–Crippen LogP) is 4.32. The van der Waals surface area contributed by atoms with Gasteiger partial charge in [0.1, 0.15) is 23.5 Å². The Balaban J connectivity index is 1.11. The lowest BCUT2D eigenvalue weighted by Crippen LogP contribution is -2.46. The molecule has 1 saturated carbocycles. The van der Waals surface area contributed by atoms with Crippen molar-refractivity contribution in [3.05, 3.63) is 129 Å². The highest BCUT2D eigenvalue weighted by atomic mass is 32.2. The van der Waals surface area contributed by atoms with Crippen LogP contribution in [0.15, 0.2) is 106 Å². The Morgan fingerprint density at radius 2 is 1.79 bits per heavy atom. The summed E-state index contributed by atoms with van der Waals surface area (Å²) in [4.78, 5) is 46.9. The highest BCUT2D eigenvalue weighted by Crippen LogP contribution is 2.29. The van der Waals surface area contributed by atoms with E-state index in [4.69, 9.17) is 4.18 Å². The summed E-state index contributed by atoms with van der Waals surface area (Å²) in [5.41, 5.74) is 2.22. The summed E-state index contributed by atoms with van der Waals surface area (Å²) < 4.78 is 57.9. The summed E-state index contributed by atoms with van der Waals surface area (Å²) in [7, 11) is -3.49. The normalized spacial score (nSPS) is 19.9. The highest BCUT2D eigenvalue weighted by Gasteiger charge is 2.31. The Bertz CT molecular complexity index is 2360. The van der Waals surface area contributed by atoms with Crippen molar-refractivity contribution < 1.29 is 26.2 Å². The summed E-state index contributed by atoms with van der Waals surface area (Å²) in [5, 5.41) is 6.04. The molecule has 1 atom stereocenters. The van der Waals surface area contributed by atoms with Gasteiger partial charge in [-0.2, -0.15) is 8.42 Å². The van der Waals surface area contributed by atoms with Crippen LogP contribution in [0.1, 0.15) is 43.7 Å². The highest BCUT2D eigenvalue weighted by molar-refractivity contribution is 7.85. The van der Waals surface area contributed by atoms with Crippen LogP contribution in [0.4, 0.5) is 8.78 Å². The van der Waals surface area contributed by atoms with Gasteiger partial charge in [0.15, 0.2) is 5.65 Å². The maximum absolute atomic E-state index is 14.5. The number of pyridine rings is 1. The maximum Gasteiger partial charge on any atom is 0.337 e. The first-order chi connectivity index (χ1) is 24.9. The molecule has 2 aromatic heterocycles. The van der Waals surface area contributed by atoms with E-state index < -0.39 is 39.1 Å². The molecule has 12 nitrogen and oxygen atoms in total. The molecule has 52 heavy (non-hydrogen) atoms. The SMILES string of the molecule is CS(=O)(=O)OCCCc1ccc(-c2cccc(-n3c(=O)n([C@H]4CC[C@@H](NC(=O)C5=CN6C=C(F)C=CC6N5)CC4)c(=O)c4cc(F)cnc43)c2)cc1. The molecule has 2 aliphatic heterocycles. The van der Waals surface area contributed by atoms with Gasteiger partial charge in [0.25, 0.3) is 21.6 Å². The van der Waals surface area contributed by atoms with Gasteiger partial charge < -0.3 is 15.5 Å². The van der Waals surface area contributed by atoms with Crippen molar-refractivity contribution in [1.29, 1.82) is 0 Å². The van der Waals surface area contributed by atoms with E-state index in [1.807, 2.05) is 30.3 Å². The van der Waals surface area contributed by atoms with E-state index in [9.17, 15) is 31.6 Å². The monoisotopic (exact) mass is 730 g/mol. The van der Waals surface area contributed by atoms with Crippen LogP contribution in [0.5, 0.6) is 0 Å². The maximum atomic E-state index is 14.5. The number of allylic oxidation sites excluding steroid dienone is 2. The van der Waals surface area contributed by atoms with Crippen molar-refractivity contribution in [3.8, 4) is 16.8 Å². The number of nitrogens with zero attached hydrogens (tertiary/aromatic N) is 4. The summed E-state index contributed by atoms with van der Waals surface area (Å²) in [6, 6.07) is 15.3. The Kier molecular flexibility index (Phi) is 9.63. The van der Waals surface area contributed by atoms with Gasteiger partial charge in [-0.25, -0.2) is 23.1 Å². The minimum absolute atomic E-state index is 0.0279. The van der Waals surface area contributed by atoms with Gasteiger partial charge in [0, 0.05) is 24.5 Å². The number of fused-ring (bicyclic) bond motifs is 2. The van der Waals surface area contributed by atoms with Gasteiger partial charge in [-0.1, -0.05) is 36.4 Å². The minimum Gasteiger partial charge on any atom is -0.356 e. The number of aromatic nitrogens is 3. The Morgan fingerprint density at radius 3 is 2.54 bits per heavy atom. The molecular weight excluding hydrogens is 695 g/mol. The first-order valence-electron chi connectivity index (χ1n) is 16.9. The molecule has 4 aromatic rings. The first-order valence-corrected chi connectivity index (χ1v) is 18.7. The molecule has 0 radical (unpaired) electrons. The van der Waals surface area contributed by atoms with Crippen LogP contribution in [-0.4, -0.2) is 58.4 Å². The zero-order valence-corrected chi connectivity index (χ0v) is 29.0. The van der Waals surface area contributed by atoms with Crippen molar-refractivity contribution in [2.75, 3.05) is 12.9 Å². The van der Waals surface area contributed by atoms with Crippen LogP contribution < -0.4 is 21.9 Å². The van der Waals surface area contributed by atoms with Crippen molar-refractivity contribution in [1.82, 2.24) is 29.7 Å². The smallest absolute Gasteiger partial charge is 0.337 e. The molecular formula is C37H36F2N6O6S. The number of carbonyl (C=O) groups is 1. The Morgan fingerprint density at radius 1 is 1.02 bits per heavy atom. The fraction of sp³-hybridized carbons (Fsp3) is 0.297. The summed E-state index contributed by atoms with van der Waals surface area (Å²) in [6.45, 7) is 0.0966. The van der Waals surface area contributed by atoms with Crippen molar-refractivity contribution >= 4 is 27.1 Å². The number of hydrogen-bond acceptors (Lipinski definition) is 9. The molecule has 1 aliphatic carbocycles. The van der Waals surface area contributed by atoms with Gasteiger partial charge in [-0.3, -0.25) is 18.3 Å². The molecule has 1 amide bonds. The van der Waals surface area contributed by atoms with E-state index in [2.05, 4.69) is 15.6 Å². The van der Waals surface area contributed by atoms with Crippen LogP contribution in [0.25, 0.3) is 27.8 Å². The topological polar surface area (TPSA) is 145 Å². The van der Waals surface area contributed by atoms with Gasteiger partial charge in [0.2, 0.25) is 0 Å². The third-order valence-corrected chi connectivity index (χ3v) is 10.0. The third-order valence-electron chi connectivity index (χ3n) is 9.45. The van der Waals surface area contributed by atoms with Crippen LogP contribution >= 0.6 is 0 Å². The molecule has 0 saturated heterocycles. The number of benzene rings is 2. The summed E-state index contributed by atoms with van der Waals surface area (Å²) in [6.07, 6.45) is 10.4. The van der Waals surface area contributed by atoms with Gasteiger partial charge in [0.05, 0.1) is 30.1 Å². The number of nitrogens with one attached hydrogen (secondary N) is 2. The van der Waals surface area contributed by atoms with Crippen molar-refractivity contribution in [2.24, 2.45) is 0 Å². The molecule has 1 unspecified atom stereocenters. The van der Waals surface area contributed by atoms with Crippen LogP contribution in [-0.2, 0) is 25.5 Å². The molecule has 3 aliphatic rings. The number of amides is 1. The van der Waals surface area contributed by atoms with Gasteiger partial charge >= 0.3 is 5.69 Å². The number of hydrogen-bond donors (Lipinski definition) is 2. The average molecular weight is 731 g/mol. The summed E-state index contributed by atoms with van der Waals surface area (Å²) in [5.74, 6) is -1.45. The van der Waals surface area contributed by atoms with E-state index in [1.165, 1.54) is 21.4 Å². The van der Waals surface area contributed by atoms with Crippen LogP contribution in [0.3, 0.4) is 0 Å². The van der Waals surface area contributed by atoms with Crippen molar-refractivity contribution in [2.45, 2.75) is 56.8 Å².